The van der Waals surface area contributed by atoms with E-state index >= 15 is 0 Å². The number of nitrogens with zero attached hydrogens (tertiary/aromatic N) is 2. The van der Waals surface area contributed by atoms with Crippen LogP contribution < -0.4 is 5.32 Å². The highest BCUT2D eigenvalue weighted by molar-refractivity contribution is 6.30. The summed E-state index contributed by atoms with van der Waals surface area (Å²) >= 11 is 6.17. The highest BCUT2D eigenvalue weighted by atomic mass is 35.5. The van der Waals surface area contributed by atoms with Crippen LogP contribution in [0.4, 0.5) is 0 Å². The Morgan fingerprint density at radius 1 is 1.44 bits per heavy atom. The fourth-order valence-electron chi connectivity index (χ4n) is 2.22. The minimum Gasteiger partial charge on any atom is -0.396 e. The van der Waals surface area contributed by atoms with Crippen molar-refractivity contribution in [1.82, 2.24) is 15.1 Å². The molecule has 1 unspecified atom stereocenters. The monoisotopic (exact) mass is 273 g/mol. The quantitative estimate of drug-likeness (QED) is 0.764. The van der Waals surface area contributed by atoms with Crippen LogP contribution in [0.15, 0.2) is 0 Å². The average molecular weight is 274 g/mol. The maximum absolute atomic E-state index is 9.01. The Balaban J connectivity index is 2.44. The zero-order valence-corrected chi connectivity index (χ0v) is 12.3. The fourth-order valence-corrected chi connectivity index (χ4v) is 2.46. The molecule has 0 saturated heterocycles. The van der Waals surface area contributed by atoms with Gasteiger partial charge in [-0.2, -0.15) is 5.10 Å². The first-order valence-corrected chi connectivity index (χ1v) is 6.97. The molecular formula is C13H24ClN3O. The molecule has 1 atom stereocenters. The summed E-state index contributed by atoms with van der Waals surface area (Å²) in [4.78, 5) is 0. The molecule has 1 rings (SSSR count). The molecule has 104 valence electrons. The summed E-state index contributed by atoms with van der Waals surface area (Å²) in [6.07, 6.45) is 3.16. The van der Waals surface area contributed by atoms with Crippen molar-refractivity contribution in [2.45, 2.75) is 39.7 Å². The minimum absolute atomic E-state index is 0.263. The lowest BCUT2D eigenvalue weighted by atomic mass is 10.0. The molecule has 0 bridgehead atoms. The summed E-state index contributed by atoms with van der Waals surface area (Å²) in [6, 6.07) is 0. The normalized spacial score (nSPS) is 12.9. The van der Waals surface area contributed by atoms with Gasteiger partial charge in [-0.3, -0.25) is 4.68 Å². The minimum atomic E-state index is 0.263. The molecule has 4 nitrogen and oxygen atoms in total. The molecule has 1 aromatic rings. The Hall–Kier alpha value is -0.580. The van der Waals surface area contributed by atoms with Crippen molar-refractivity contribution in [3.05, 3.63) is 16.4 Å². The molecule has 2 N–H and O–H groups in total. The third-order valence-corrected chi connectivity index (χ3v) is 3.71. The third-order valence-electron chi connectivity index (χ3n) is 3.24. The second-order valence-corrected chi connectivity index (χ2v) is 5.13. The first-order chi connectivity index (χ1) is 8.60. The zero-order chi connectivity index (χ0) is 13.5. The van der Waals surface area contributed by atoms with Crippen LogP contribution in [0.25, 0.3) is 0 Å². The van der Waals surface area contributed by atoms with Crippen molar-refractivity contribution >= 4 is 11.6 Å². The SMILES string of the molecule is CCCC(CCO)CNCc1c(C)nn(C)c1Cl. The number of nitrogens with one attached hydrogen (secondary N) is 1. The fraction of sp³-hybridized carbons (Fsp3) is 0.769. The molecule has 0 aliphatic rings. The number of halogens is 1. The predicted octanol–water partition coefficient (Wildman–Crippen LogP) is 2.27. The molecule has 0 amide bonds. The van der Waals surface area contributed by atoms with Crippen LogP contribution in [-0.4, -0.2) is 28.0 Å². The van der Waals surface area contributed by atoms with Crippen molar-refractivity contribution < 1.29 is 5.11 Å². The van der Waals surface area contributed by atoms with E-state index in [1.807, 2.05) is 14.0 Å². The smallest absolute Gasteiger partial charge is 0.131 e. The van der Waals surface area contributed by atoms with E-state index in [1.165, 1.54) is 0 Å². The Bertz CT molecular complexity index is 359. The van der Waals surface area contributed by atoms with Gasteiger partial charge in [-0.15, -0.1) is 0 Å². The van der Waals surface area contributed by atoms with Gasteiger partial charge in [0, 0.05) is 25.8 Å². The van der Waals surface area contributed by atoms with Crippen LogP contribution in [0.1, 0.15) is 37.4 Å². The number of aromatic nitrogens is 2. The summed E-state index contributed by atoms with van der Waals surface area (Å²) in [5.41, 5.74) is 2.04. The Morgan fingerprint density at radius 2 is 2.17 bits per heavy atom. The third kappa shape index (κ3) is 4.26. The van der Waals surface area contributed by atoms with Gasteiger partial charge in [-0.05, 0) is 32.2 Å². The Kier molecular flexibility index (Phi) is 6.68. The molecule has 0 aliphatic carbocycles. The van der Waals surface area contributed by atoms with Gasteiger partial charge in [0.05, 0.1) is 5.69 Å². The van der Waals surface area contributed by atoms with E-state index in [4.69, 9.17) is 16.7 Å². The molecule has 0 aliphatic heterocycles. The van der Waals surface area contributed by atoms with Gasteiger partial charge in [0.15, 0.2) is 0 Å². The first-order valence-electron chi connectivity index (χ1n) is 6.59. The summed E-state index contributed by atoms with van der Waals surface area (Å²) in [5.74, 6) is 0.538. The van der Waals surface area contributed by atoms with Crippen LogP contribution in [0, 0.1) is 12.8 Å². The number of hydrogen-bond donors (Lipinski definition) is 2. The molecule has 0 radical (unpaired) electrons. The molecule has 0 saturated carbocycles. The second kappa shape index (κ2) is 7.77. The van der Waals surface area contributed by atoms with Gasteiger partial charge in [0.1, 0.15) is 5.15 Å². The average Bonchev–Trinajstić information content (AvgIpc) is 2.56. The zero-order valence-electron chi connectivity index (χ0n) is 11.5. The van der Waals surface area contributed by atoms with E-state index in [1.54, 1.807) is 4.68 Å². The topological polar surface area (TPSA) is 50.1 Å². The van der Waals surface area contributed by atoms with Gasteiger partial charge < -0.3 is 10.4 Å². The van der Waals surface area contributed by atoms with Gasteiger partial charge in [-0.25, -0.2) is 0 Å². The van der Waals surface area contributed by atoms with Crippen LogP contribution >= 0.6 is 11.6 Å². The van der Waals surface area contributed by atoms with Crippen LogP contribution in [0.2, 0.25) is 5.15 Å². The van der Waals surface area contributed by atoms with Crippen molar-refractivity contribution in [3.8, 4) is 0 Å². The molecule has 0 fully saturated rings. The van der Waals surface area contributed by atoms with Gasteiger partial charge in [0.2, 0.25) is 0 Å². The maximum atomic E-state index is 9.01. The van der Waals surface area contributed by atoms with Crippen LogP contribution in [0.5, 0.6) is 0 Å². The lowest BCUT2D eigenvalue weighted by Gasteiger charge is -2.15. The number of hydrogen-bond acceptors (Lipinski definition) is 3. The molecule has 1 aromatic heterocycles. The first kappa shape index (κ1) is 15.5. The van der Waals surface area contributed by atoms with E-state index < -0.39 is 0 Å². The summed E-state index contributed by atoms with van der Waals surface area (Å²) in [7, 11) is 1.85. The largest absolute Gasteiger partial charge is 0.396 e. The molecule has 18 heavy (non-hydrogen) atoms. The number of aliphatic hydroxyl groups excluding tert-OH is 1. The van der Waals surface area contributed by atoms with Gasteiger partial charge in [-0.1, -0.05) is 24.9 Å². The van der Waals surface area contributed by atoms with Crippen molar-refractivity contribution in [1.29, 1.82) is 0 Å². The van der Waals surface area contributed by atoms with Gasteiger partial charge >= 0.3 is 0 Å². The van der Waals surface area contributed by atoms with Crippen molar-refractivity contribution in [3.63, 3.8) is 0 Å². The summed E-state index contributed by atoms with van der Waals surface area (Å²) in [6.45, 7) is 6.06. The van der Waals surface area contributed by atoms with Crippen LogP contribution in [0.3, 0.4) is 0 Å². The highest BCUT2D eigenvalue weighted by Crippen LogP contribution is 2.18. The van der Waals surface area contributed by atoms with E-state index in [9.17, 15) is 0 Å². The summed E-state index contributed by atoms with van der Waals surface area (Å²) in [5, 5.41) is 17.4. The molecule has 0 aromatic carbocycles. The number of aryl methyl sites for hydroxylation is 2. The van der Waals surface area contributed by atoms with Gasteiger partial charge in [0.25, 0.3) is 0 Å². The maximum Gasteiger partial charge on any atom is 0.131 e. The summed E-state index contributed by atoms with van der Waals surface area (Å²) < 4.78 is 1.70. The van der Waals surface area contributed by atoms with E-state index in [2.05, 4.69) is 17.3 Å². The van der Waals surface area contributed by atoms with E-state index in [0.717, 1.165) is 43.6 Å². The second-order valence-electron chi connectivity index (χ2n) is 4.78. The Morgan fingerprint density at radius 3 is 2.67 bits per heavy atom. The highest BCUT2D eigenvalue weighted by Gasteiger charge is 2.12. The van der Waals surface area contributed by atoms with E-state index in [0.29, 0.717) is 11.1 Å². The molecular weight excluding hydrogens is 250 g/mol. The molecule has 1 heterocycles. The number of aliphatic hydroxyl groups is 1. The van der Waals surface area contributed by atoms with Crippen molar-refractivity contribution in [2.75, 3.05) is 13.2 Å². The standard InChI is InChI=1S/C13H24ClN3O/c1-4-5-11(6-7-18)8-15-9-12-10(2)16-17(3)13(12)14/h11,15,18H,4-9H2,1-3H3. The predicted molar refractivity (Wildman–Crippen MR) is 74.8 cm³/mol. The molecule has 5 heteroatoms. The lowest BCUT2D eigenvalue weighted by molar-refractivity contribution is 0.248. The van der Waals surface area contributed by atoms with Crippen LogP contribution in [-0.2, 0) is 13.6 Å². The Labute approximate surface area is 114 Å². The lowest BCUT2D eigenvalue weighted by Crippen LogP contribution is -2.23. The molecule has 0 spiro atoms. The number of rotatable bonds is 8. The van der Waals surface area contributed by atoms with E-state index in [-0.39, 0.29) is 6.61 Å². The van der Waals surface area contributed by atoms with Crippen molar-refractivity contribution in [2.24, 2.45) is 13.0 Å².